The molecular weight excluding hydrogens is 465 g/mol. The fourth-order valence-electron chi connectivity index (χ4n) is 0.888. The van der Waals surface area contributed by atoms with Gasteiger partial charge in [0.2, 0.25) is 0 Å². The molecule has 13 heavy (non-hydrogen) atoms. The fraction of sp³-hybridized carbons (Fsp3) is 0.444. The Balaban J connectivity index is 0. The topological polar surface area (TPSA) is 12.9 Å². The minimum Gasteiger partial charge on any atom is -0.391 e. The van der Waals surface area contributed by atoms with Crippen LogP contribution in [-0.4, -0.2) is 4.98 Å². The summed E-state index contributed by atoms with van der Waals surface area (Å²) < 4.78 is 0. The molecule has 0 atom stereocenters. The first-order valence-electron chi connectivity index (χ1n) is 3.59. The van der Waals surface area contributed by atoms with E-state index in [1.807, 2.05) is 13.8 Å². The quantitative estimate of drug-likeness (QED) is 0.409. The van der Waals surface area contributed by atoms with Crippen molar-refractivity contribution < 1.29 is 32.7 Å². The number of hydrogen-bond acceptors (Lipinski definition) is 1. The van der Waals surface area contributed by atoms with E-state index in [0.717, 1.165) is 11.3 Å². The van der Waals surface area contributed by atoms with Crippen molar-refractivity contribution in [2.75, 3.05) is 0 Å². The van der Waals surface area contributed by atoms with Crippen molar-refractivity contribution in [2.45, 2.75) is 27.7 Å². The van der Waals surface area contributed by atoms with Gasteiger partial charge in [0, 0.05) is 69.9 Å². The molecule has 0 spiro atoms. The van der Waals surface area contributed by atoms with Gasteiger partial charge in [-0.1, -0.05) is 39.6 Å². The molecule has 0 aliphatic heterocycles. The van der Waals surface area contributed by atoms with Gasteiger partial charge < -0.3 is 4.98 Å². The average molecular weight is 477 g/mol. The molecule has 1 heterocycles. The van der Waals surface area contributed by atoms with Crippen molar-refractivity contribution in [2.24, 2.45) is 0 Å². The third-order valence-electron chi connectivity index (χ3n) is 2.06. The van der Waals surface area contributed by atoms with E-state index in [4.69, 9.17) is 0 Å². The summed E-state index contributed by atoms with van der Waals surface area (Å²) >= 11 is 4.24. The van der Waals surface area contributed by atoms with E-state index in [2.05, 4.69) is 62.3 Å². The average Bonchev–Trinajstić information content (AvgIpc) is 2.12. The maximum absolute atomic E-state index is 4.11. The van der Waals surface area contributed by atoms with E-state index in [0.29, 0.717) is 0 Å². The number of aryl methyl sites for hydroxylation is 2. The molecule has 1 aromatic rings. The molecule has 0 aliphatic carbocycles. The van der Waals surface area contributed by atoms with Gasteiger partial charge in [0.1, 0.15) is 0 Å². The number of pyridine rings is 1. The van der Waals surface area contributed by atoms with Crippen LogP contribution in [0.4, 0.5) is 0 Å². The summed E-state index contributed by atoms with van der Waals surface area (Å²) in [7, 11) is 0. The van der Waals surface area contributed by atoms with Gasteiger partial charge in [-0.15, -0.1) is 11.1 Å². The summed E-state index contributed by atoms with van der Waals surface area (Å²) in [5.41, 5.74) is 4.84. The molecule has 0 N–H and O–H groups in total. The summed E-state index contributed by atoms with van der Waals surface area (Å²) in [6, 6.07) is 0. The molecule has 0 fully saturated rings. The Morgan fingerprint density at radius 2 is 1.46 bits per heavy atom. The van der Waals surface area contributed by atoms with Gasteiger partial charge in [-0.25, -0.2) is 0 Å². The Labute approximate surface area is 129 Å². The van der Waals surface area contributed by atoms with Crippen LogP contribution >= 0.6 is 37.2 Å². The first-order valence-corrected chi connectivity index (χ1v) is 9.88. The minimum atomic E-state index is 0. The molecule has 4 heteroatoms. The summed E-state index contributed by atoms with van der Waals surface area (Å²) in [5.74, 6) is 0. The summed E-state index contributed by atoms with van der Waals surface area (Å²) in [6.45, 7) is 8.25. The van der Waals surface area contributed by atoms with Crippen molar-refractivity contribution in [1.29, 1.82) is 0 Å². The molecule has 1 rings (SSSR count). The van der Waals surface area contributed by atoms with Crippen LogP contribution in [0.1, 0.15) is 22.4 Å². The molecular formula is C9H12I2NY-. The van der Waals surface area contributed by atoms with Crippen molar-refractivity contribution in [3.8, 4) is 0 Å². The van der Waals surface area contributed by atoms with Gasteiger partial charge in [0.25, 0.3) is 0 Å². The smallest absolute Gasteiger partial charge is 0 e. The molecule has 1 aromatic heterocycles. The number of aromatic nitrogens is 1. The normalized spacial score (nSPS) is 8.15. The van der Waals surface area contributed by atoms with Crippen LogP contribution in [-0.2, 0) is 32.7 Å². The summed E-state index contributed by atoms with van der Waals surface area (Å²) in [5, 5.41) is 0. The zero-order chi connectivity index (χ0) is 9.72. The van der Waals surface area contributed by atoms with E-state index < -0.39 is 0 Å². The number of rotatable bonds is 0. The van der Waals surface area contributed by atoms with Gasteiger partial charge in [0.05, 0.1) is 0 Å². The van der Waals surface area contributed by atoms with Gasteiger partial charge in [-0.05, 0) is 0 Å². The molecule has 71 valence electrons. The van der Waals surface area contributed by atoms with Gasteiger partial charge in [0.15, 0.2) is 0 Å². The largest absolute Gasteiger partial charge is 0.391 e. The fourth-order valence-corrected chi connectivity index (χ4v) is 0.888. The summed E-state index contributed by atoms with van der Waals surface area (Å²) in [6.07, 6.45) is 2.96. The molecule has 0 unspecified atom stereocenters. The Morgan fingerprint density at radius 1 is 1.00 bits per heavy atom. The molecule has 1 nitrogen and oxygen atoms in total. The zero-order valence-corrected chi connectivity index (χ0v) is 15.4. The molecule has 0 amide bonds. The predicted octanol–water partition coefficient (Wildman–Crippen LogP) is 3.88. The molecule has 0 saturated carbocycles. The van der Waals surface area contributed by atoms with Crippen LogP contribution in [0.3, 0.4) is 0 Å². The second kappa shape index (κ2) is 8.98. The number of hydrogen-bond donors (Lipinski definition) is 0. The van der Waals surface area contributed by atoms with Crippen LogP contribution in [0.25, 0.3) is 0 Å². The monoisotopic (exact) mass is 477 g/mol. The first-order chi connectivity index (χ1) is 5.63. The molecule has 0 saturated heterocycles. The van der Waals surface area contributed by atoms with Crippen molar-refractivity contribution in [3.63, 3.8) is 0 Å². The van der Waals surface area contributed by atoms with E-state index >= 15 is 0 Å². The number of nitrogens with zero attached hydrogens (tertiary/aromatic N) is 1. The molecule has 1 radical (unpaired) electrons. The molecule has 0 bridgehead atoms. The van der Waals surface area contributed by atoms with Crippen molar-refractivity contribution >= 4 is 37.2 Å². The van der Waals surface area contributed by atoms with Gasteiger partial charge >= 0.3 is 0 Å². The standard InChI is InChI=1S/C9H12N.I2.Y/c1-6-5-10-9(4)8(3)7(6)2;1-2;/h1-4H3;;/q-1;;. The van der Waals surface area contributed by atoms with E-state index in [1.165, 1.54) is 11.1 Å². The SMILES string of the molecule is Cc1[c-]nc(C)c(C)c1C.II.[Y]. The second-order valence-corrected chi connectivity index (χ2v) is 2.68. The second-order valence-electron chi connectivity index (χ2n) is 2.68. The van der Waals surface area contributed by atoms with Crippen molar-refractivity contribution in [3.05, 3.63) is 28.6 Å². The van der Waals surface area contributed by atoms with Gasteiger partial charge in [-0.2, -0.15) is 5.56 Å². The van der Waals surface area contributed by atoms with Crippen LogP contribution < -0.4 is 0 Å². The number of halogens is 2. The molecule has 0 aliphatic rings. The maximum Gasteiger partial charge on any atom is 0 e. The Kier molecular flexibility index (Phi) is 11.8. The Morgan fingerprint density at radius 3 is 1.85 bits per heavy atom. The van der Waals surface area contributed by atoms with Crippen LogP contribution in [0, 0.1) is 33.9 Å². The molecule has 0 aromatic carbocycles. The minimum absolute atomic E-state index is 0. The Hall–Kier alpha value is 1.71. The van der Waals surface area contributed by atoms with E-state index in [-0.39, 0.29) is 32.7 Å². The summed E-state index contributed by atoms with van der Waals surface area (Å²) in [4.78, 5) is 4.11. The van der Waals surface area contributed by atoms with Crippen LogP contribution in [0.15, 0.2) is 0 Å². The third kappa shape index (κ3) is 5.37. The first kappa shape index (κ1) is 17.1. The maximum atomic E-state index is 4.11. The van der Waals surface area contributed by atoms with Gasteiger partial charge in [-0.3, -0.25) is 0 Å². The van der Waals surface area contributed by atoms with E-state index in [1.54, 1.807) is 0 Å². The Bertz CT molecular complexity index is 237. The van der Waals surface area contributed by atoms with Crippen LogP contribution in [0.5, 0.6) is 0 Å². The van der Waals surface area contributed by atoms with Crippen molar-refractivity contribution in [1.82, 2.24) is 4.98 Å². The zero-order valence-electron chi connectivity index (χ0n) is 8.28. The van der Waals surface area contributed by atoms with E-state index in [9.17, 15) is 0 Å². The predicted molar refractivity (Wildman–Crippen MR) is 70.1 cm³/mol. The van der Waals surface area contributed by atoms with Crippen LogP contribution in [0.2, 0.25) is 0 Å². The third-order valence-corrected chi connectivity index (χ3v) is 2.06.